The SMILES string of the molecule is C[C@H]1O[C@@H](O[C@@H]2CC[C@@H](C(C)(C)C)C[C@H]2O[C@H]2O[C@H](CO)[C@H](O)[C@H](O[C@@H](CC3CCCCC3)C(=O)O)[C@H]2OC(=O)c2ccccc2)[C@H](O)[C@@H](O)[C@H]1O. The summed E-state index contributed by atoms with van der Waals surface area (Å²) in [5, 5.41) is 63.6. The van der Waals surface area contributed by atoms with Crippen molar-refractivity contribution >= 4 is 11.9 Å². The fourth-order valence-corrected chi connectivity index (χ4v) is 7.98. The first kappa shape index (κ1) is 40.9. The Morgan fingerprint density at radius 3 is 2.13 bits per heavy atom. The molecule has 14 nitrogen and oxygen atoms in total. The van der Waals surface area contributed by atoms with Crippen molar-refractivity contribution in [3.8, 4) is 0 Å². The second-order valence-electron chi connectivity index (χ2n) is 16.0. The molecule has 14 heteroatoms. The highest BCUT2D eigenvalue weighted by molar-refractivity contribution is 5.89. The zero-order valence-corrected chi connectivity index (χ0v) is 30.6. The number of rotatable bonds is 12. The van der Waals surface area contributed by atoms with Crippen molar-refractivity contribution < 1.29 is 68.6 Å². The number of benzene rings is 1. The Morgan fingerprint density at radius 2 is 1.50 bits per heavy atom. The molecule has 2 aliphatic carbocycles. The van der Waals surface area contributed by atoms with Gasteiger partial charge in [-0.2, -0.15) is 0 Å². The predicted octanol–water partition coefficient (Wildman–Crippen LogP) is 2.54. The average Bonchev–Trinajstić information content (AvgIpc) is 3.12. The van der Waals surface area contributed by atoms with Crippen LogP contribution in [-0.2, 0) is 33.2 Å². The van der Waals surface area contributed by atoms with E-state index in [4.69, 9.17) is 28.4 Å². The van der Waals surface area contributed by atoms with Crippen molar-refractivity contribution in [1.82, 2.24) is 0 Å². The maximum Gasteiger partial charge on any atom is 0.338 e. The van der Waals surface area contributed by atoms with Crippen LogP contribution in [0, 0.1) is 17.3 Å². The van der Waals surface area contributed by atoms with Gasteiger partial charge < -0.3 is 59.1 Å². The van der Waals surface area contributed by atoms with Crippen LogP contribution in [0.4, 0.5) is 0 Å². The molecule has 5 rings (SSSR count). The van der Waals surface area contributed by atoms with E-state index in [1.54, 1.807) is 37.3 Å². The number of aliphatic hydroxyl groups is 5. The molecule has 0 radical (unpaired) electrons. The van der Waals surface area contributed by atoms with E-state index >= 15 is 0 Å². The third-order valence-corrected chi connectivity index (χ3v) is 11.3. The molecule has 0 spiro atoms. The number of carbonyl (C=O) groups excluding carboxylic acids is 1. The van der Waals surface area contributed by atoms with E-state index < -0.39 is 98.3 Å². The van der Waals surface area contributed by atoms with Gasteiger partial charge in [0.05, 0.1) is 30.5 Å². The molecule has 0 bridgehead atoms. The number of hydrogen-bond donors (Lipinski definition) is 6. The predicted molar refractivity (Wildman–Crippen MR) is 184 cm³/mol. The van der Waals surface area contributed by atoms with Crippen LogP contribution in [0.1, 0.15) is 95.8 Å². The van der Waals surface area contributed by atoms with E-state index in [1.807, 2.05) is 0 Å². The van der Waals surface area contributed by atoms with Gasteiger partial charge in [0, 0.05) is 0 Å². The van der Waals surface area contributed by atoms with Crippen LogP contribution in [-0.4, -0.2) is 129 Å². The minimum absolute atomic E-state index is 0.104. The second-order valence-corrected chi connectivity index (χ2v) is 16.0. The van der Waals surface area contributed by atoms with Crippen LogP contribution in [0.25, 0.3) is 0 Å². The Balaban J connectivity index is 1.46. The van der Waals surface area contributed by atoms with Gasteiger partial charge in [-0.05, 0) is 62.0 Å². The van der Waals surface area contributed by atoms with Crippen molar-refractivity contribution in [2.24, 2.45) is 17.3 Å². The molecule has 1 aromatic rings. The molecule has 2 saturated heterocycles. The quantitative estimate of drug-likeness (QED) is 0.170. The largest absolute Gasteiger partial charge is 0.479 e. The summed E-state index contributed by atoms with van der Waals surface area (Å²) in [6.07, 6.45) is -10.1. The lowest BCUT2D eigenvalue weighted by Crippen LogP contribution is -2.63. The van der Waals surface area contributed by atoms with Crippen LogP contribution in [0.3, 0.4) is 0 Å². The zero-order chi connectivity index (χ0) is 37.7. The van der Waals surface area contributed by atoms with Gasteiger partial charge in [0.15, 0.2) is 24.8 Å². The highest BCUT2D eigenvalue weighted by atomic mass is 16.7. The lowest BCUT2D eigenvalue weighted by Gasteiger charge is -2.48. The van der Waals surface area contributed by atoms with E-state index in [0.29, 0.717) is 12.8 Å². The lowest BCUT2D eigenvalue weighted by molar-refractivity contribution is -0.346. The van der Waals surface area contributed by atoms with Gasteiger partial charge >= 0.3 is 11.9 Å². The number of carboxylic acid groups (broad SMARTS) is 1. The standard InChI is InChI=1S/C38H58O14/c1-20-28(40)30(42)31(43)36(47-20)49-24-16-15-23(38(2,3)4)18-25(24)50-37-33(52-35(46)22-13-9-6-10-14-22)32(29(41)27(19-39)51-37)48-26(34(44)45)17-21-11-7-5-8-12-21/h6,9-10,13-14,20-21,23-33,36-37,39-43H,5,7-8,11-12,15-19H2,1-4H3,(H,44,45)/t20-,23-,24-,25-,26+,27-,28+,29+,30+,31-,32+,33-,36+,37+/m1/s1. The number of aliphatic carboxylic acids is 1. The summed E-state index contributed by atoms with van der Waals surface area (Å²) in [6.45, 7) is 7.19. The fourth-order valence-electron chi connectivity index (χ4n) is 7.98. The van der Waals surface area contributed by atoms with Gasteiger partial charge in [-0.25, -0.2) is 9.59 Å². The van der Waals surface area contributed by atoms with E-state index in [2.05, 4.69) is 20.8 Å². The highest BCUT2D eigenvalue weighted by Crippen LogP contribution is 2.42. The summed E-state index contributed by atoms with van der Waals surface area (Å²) >= 11 is 0. The molecule has 0 unspecified atom stereocenters. The Hall–Kier alpha value is -2.24. The molecule has 4 aliphatic rings. The monoisotopic (exact) mass is 738 g/mol. The molecule has 2 aliphatic heterocycles. The molecule has 0 aromatic heterocycles. The topological polar surface area (TPSA) is 211 Å². The summed E-state index contributed by atoms with van der Waals surface area (Å²) in [5.74, 6) is -1.79. The molecule has 52 heavy (non-hydrogen) atoms. The van der Waals surface area contributed by atoms with Gasteiger partial charge in [-0.15, -0.1) is 0 Å². The Kier molecular flexibility index (Phi) is 14.1. The van der Waals surface area contributed by atoms with Gasteiger partial charge in [0.2, 0.25) is 0 Å². The fraction of sp³-hybridized carbons (Fsp3) is 0.789. The summed E-state index contributed by atoms with van der Waals surface area (Å²) in [5.41, 5.74) is 0.0405. The van der Waals surface area contributed by atoms with Crippen LogP contribution in [0.5, 0.6) is 0 Å². The Morgan fingerprint density at radius 1 is 0.827 bits per heavy atom. The lowest BCUT2D eigenvalue weighted by atomic mass is 9.71. The summed E-state index contributed by atoms with van der Waals surface area (Å²) < 4.78 is 37.0. The molecule has 0 amide bonds. The van der Waals surface area contributed by atoms with Crippen LogP contribution in [0.15, 0.2) is 30.3 Å². The third-order valence-electron chi connectivity index (χ3n) is 11.3. The molecule has 294 valence electrons. The van der Waals surface area contributed by atoms with Crippen LogP contribution in [0.2, 0.25) is 0 Å². The maximum absolute atomic E-state index is 13.6. The maximum atomic E-state index is 13.6. The molecule has 1 aromatic carbocycles. The minimum atomic E-state index is -1.59. The van der Waals surface area contributed by atoms with Crippen molar-refractivity contribution in [1.29, 1.82) is 0 Å². The van der Waals surface area contributed by atoms with Crippen molar-refractivity contribution in [2.75, 3.05) is 6.61 Å². The number of ether oxygens (including phenoxy) is 6. The minimum Gasteiger partial charge on any atom is -0.479 e. The van der Waals surface area contributed by atoms with Crippen molar-refractivity contribution in [2.45, 2.75) is 165 Å². The first-order chi connectivity index (χ1) is 24.7. The van der Waals surface area contributed by atoms with Crippen molar-refractivity contribution in [3.05, 3.63) is 35.9 Å². The third kappa shape index (κ3) is 9.89. The summed E-state index contributed by atoms with van der Waals surface area (Å²) in [6, 6.07) is 8.15. The van der Waals surface area contributed by atoms with E-state index in [-0.39, 0.29) is 29.2 Å². The Labute approximate surface area is 305 Å². The van der Waals surface area contributed by atoms with Gasteiger partial charge in [-0.1, -0.05) is 71.1 Å². The summed E-state index contributed by atoms with van der Waals surface area (Å²) in [7, 11) is 0. The number of carboxylic acids is 1. The van der Waals surface area contributed by atoms with E-state index in [1.165, 1.54) is 0 Å². The molecule has 2 heterocycles. The number of carbonyl (C=O) groups is 2. The molecule has 6 N–H and O–H groups in total. The second kappa shape index (κ2) is 17.9. The van der Waals surface area contributed by atoms with Crippen LogP contribution < -0.4 is 0 Å². The molecule has 4 fully saturated rings. The number of aliphatic hydroxyl groups excluding tert-OH is 5. The normalized spacial score (nSPS) is 38.4. The zero-order valence-electron chi connectivity index (χ0n) is 30.6. The highest BCUT2D eigenvalue weighted by Gasteiger charge is 2.53. The Bertz CT molecular complexity index is 1280. The molecular formula is C38H58O14. The van der Waals surface area contributed by atoms with Gasteiger partial charge in [-0.3, -0.25) is 0 Å². The first-order valence-corrected chi connectivity index (χ1v) is 18.8. The summed E-state index contributed by atoms with van der Waals surface area (Å²) in [4.78, 5) is 26.2. The number of hydrogen-bond acceptors (Lipinski definition) is 13. The first-order valence-electron chi connectivity index (χ1n) is 18.8. The van der Waals surface area contributed by atoms with E-state index in [0.717, 1.165) is 38.5 Å². The smallest absolute Gasteiger partial charge is 0.338 e. The molecule has 2 saturated carbocycles. The van der Waals surface area contributed by atoms with E-state index in [9.17, 15) is 40.2 Å². The number of esters is 1. The van der Waals surface area contributed by atoms with Gasteiger partial charge in [0.25, 0.3) is 0 Å². The van der Waals surface area contributed by atoms with Crippen molar-refractivity contribution in [3.63, 3.8) is 0 Å². The average molecular weight is 739 g/mol. The molecular weight excluding hydrogens is 680 g/mol. The van der Waals surface area contributed by atoms with Gasteiger partial charge in [0.1, 0.15) is 36.6 Å². The van der Waals surface area contributed by atoms with Crippen LogP contribution >= 0.6 is 0 Å². The molecule has 14 atom stereocenters.